The third-order valence-corrected chi connectivity index (χ3v) is 9.30. The van der Waals surface area contributed by atoms with Gasteiger partial charge < -0.3 is 14.5 Å². The molecule has 0 bridgehead atoms. The Morgan fingerprint density at radius 1 is 1.13 bits per heavy atom. The Balaban J connectivity index is 1.71. The molecule has 1 saturated heterocycles. The minimum atomic E-state index is -0.440. The van der Waals surface area contributed by atoms with Gasteiger partial charge in [-0.1, -0.05) is 18.8 Å². The molecule has 0 aromatic carbocycles. The van der Waals surface area contributed by atoms with Crippen LogP contribution in [0.3, 0.4) is 0 Å². The number of likely N-dealkylation sites (tertiary alicyclic amines) is 1. The van der Waals surface area contributed by atoms with Gasteiger partial charge in [-0.2, -0.15) is 0 Å². The number of ketones is 1. The van der Waals surface area contributed by atoms with Gasteiger partial charge in [-0.25, -0.2) is 4.79 Å². The zero-order chi connectivity index (χ0) is 27.4. The predicted octanol–water partition coefficient (Wildman–Crippen LogP) is 5.93. The van der Waals surface area contributed by atoms with Gasteiger partial charge >= 0.3 is 5.97 Å². The van der Waals surface area contributed by atoms with Gasteiger partial charge in [-0.05, 0) is 97.2 Å². The zero-order valence-electron chi connectivity index (χ0n) is 23.8. The van der Waals surface area contributed by atoms with Crippen LogP contribution < -0.4 is 4.90 Å². The summed E-state index contributed by atoms with van der Waals surface area (Å²) in [6.07, 6.45) is 7.94. The van der Waals surface area contributed by atoms with Crippen molar-refractivity contribution in [2.45, 2.75) is 91.5 Å². The number of carbonyl (C=O) groups is 3. The lowest BCUT2D eigenvalue weighted by atomic mass is 9.80. The highest BCUT2D eigenvalue weighted by Gasteiger charge is 2.40. The van der Waals surface area contributed by atoms with Crippen LogP contribution in [-0.4, -0.2) is 55.3 Å². The lowest BCUT2D eigenvalue weighted by Gasteiger charge is -2.40. The van der Waals surface area contributed by atoms with Gasteiger partial charge in [0.1, 0.15) is 10.7 Å². The van der Waals surface area contributed by atoms with Crippen LogP contribution in [0, 0.1) is 35.0 Å². The Kier molecular flexibility index (Phi) is 9.36. The van der Waals surface area contributed by atoms with E-state index in [1.165, 1.54) is 31.3 Å². The fourth-order valence-electron chi connectivity index (χ4n) is 6.09. The third-order valence-electron chi connectivity index (χ3n) is 8.28. The number of hydrogen-bond donors (Lipinski definition) is 0. The fourth-order valence-corrected chi connectivity index (χ4v) is 7.01. The monoisotopic (exact) mass is 540 g/mol. The number of esters is 1. The molecule has 1 unspecified atom stereocenters. The van der Waals surface area contributed by atoms with Crippen LogP contribution in [0.25, 0.3) is 0 Å². The maximum Gasteiger partial charge on any atom is 0.350 e. The smallest absolute Gasteiger partial charge is 0.350 e. The number of carbonyl (C=O) groups excluding carboxylic acids is 3. The molecule has 3 aliphatic rings. The van der Waals surface area contributed by atoms with Crippen LogP contribution in [0.2, 0.25) is 0 Å². The Morgan fingerprint density at radius 3 is 2.45 bits per heavy atom. The fraction of sp³-hybridized carbons (Fsp3) is 0.710. The Labute approximate surface area is 232 Å². The number of methoxy groups -OCH3 is 1. The summed E-state index contributed by atoms with van der Waals surface area (Å²) in [7, 11) is 1.38. The van der Waals surface area contributed by atoms with Gasteiger partial charge in [0.05, 0.1) is 17.7 Å². The average Bonchev–Trinajstić information content (AvgIpc) is 3.54. The lowest BCUT2D eigenvalue weighted by Crippen LogP contribution is -2.49. The van der Waals surface area contributed by atoms with Crippen molar-refractivity contribution < 1.29 is 19.1 Å². The summed E-state index contributed by atoms with van der Waals surface area (Å²) < 4.78 is 5.16. The summed E-state index contributed by atoms with van der Waals surface area (Å²) in [5.41, 5.74) is 0.430. The van der Waals surface area contributed by atoms with E-state index in [1.54, 1.807) is 0 Å². The molecule has 38 heavy (non-hydrogen) atoms. The summed E-state index contributed by atoms with van der Waals surface area (Å²) in [5, 5.41) is 0. The minimum absolute atomic E-state index is 0.0598. The van der Waals surface area contributed by atoms with Crippen LogP contribution in [0.4, 0.5) is 5.69 Å². The van der Waals surface area contributed by atoms with E-state index in [-0.39, 0.29) is 29.2 Å². The normalized spacial score (nSPS) is 26.5. The molecular weight excluding hydrogens is 496 g/mol. The highest BCUT2D eigenvalue weighted by molar-refractivity contribution is 7.15. The van der Waals surface area contributed by atoms with Crippen molar-refractivity contribution in [2.24, 2.45) is 23.2 Å². The molecule has 1 aromatic rings. The summed E-state index contributed by atoms with van der Waals surface area (Å²) in [5.74, 6) is 6.95. The third kappa shape index (κ3) is 7.07. The van der Waals surface area contributed by atoms with Crippen molar-refractivity contribution in [3.8, 4) is 11.8 Å². The molecule has 1 amide bonds. The van der Waals surface area contributed by atoms with Crippen molar-refractivity contribution in [3.63, 3.8) is 0 Å². The number of anilines is 1. The second-order valence-electron chi connectivity index (χ2n) is 12.6. The first-order valence-electron chi connectivity index (χ1n) is 14.4. The quantitative estimate of drug-likeness (QED) is 0.331. The lowest BCUT2D eigenvalue weighted by molar-refractivity contribution is -0.128. The van der Waals surface area contributed by atoms with Crippen LogP contribution in [0.1, 0.15) is 100 Å². The standard InChI is InChI=1S/C31H44N2O4S/c1-21-8-10-22(11-9-21)29(35)33(24-12-13-27(34)23(18-24)20-32-16-6-7-17-32)26-19-25(14-15-31(2,3)4)38-28(26)30(36)37-5/h19,21-24H,6-13,16-18,20H2,1-5H3/t21-,22-,23?,24-/m1/s1. The molecule has 1 aliphatic heterocycles. The van der Waals surface area contributed by atoms with E-state index < -0.39 is 5.97 Å². The number of nitrogens with zero attached hydrogens (tertiary/aromatic N) is 2. The van der Waals surface area contributed by atoms with E-state index >= 15 is 0 Å². The van der Waals surface area contributed by atoms with Gasteiger partial charge in [-0.3, -0.25) is 9.59 Å². The summed E-state index contributed by atoms with van der Waals surface area (Å²) >= 11 is 1.30. The highest BCUT2D eigenvalue weighted by Crippen LogP contribution is 2.39. The number of ether oxygens (including phenoxy) is 1. The first-order chi connectivity index (χ1) is 18.1. The van der Waals surface area contributed by atoms with Crippen molar-refractivity contribution in [3.05, 3.63) is 15.8 Å². The maximum atomic E-state index is 14.3. The van der Waals surface area contributed by atoms with E-state index in [4.69, 9.17) is 4.74 Å². The number of Topliss-reactive ketones (excluding diaryl/α,β-unsaturated/α-hetero) is 1. The van der Waals surface area contributed by atoms with E-state index in [1.807, 2.05) is 11.0 Å². The van der Waals surface area contributed by atoms with Crippen molar-refractivity contribution in [1.29, 1.82) is 0 Å². The molecule has 0 radical (unpaired) electrons. The maximum absolute atomic E-state index is 14.3. The van der Waals surface area contributed by atoms with E-state index in [0.29, 0.717) is 41.5 Å². The molecule has 208 valence electrons. The number of thiophene rings is 1. The van der Waals surface area contributed by atoms with Crippen LogP contribution in [0.5, 0.6) is 0 Å². The first kappa shape index (κ1) is 28.8. The van der Waals surface area contributed by atoms with Crippen molar-refractivity contribution >= 4 is 34.7 Å². The number of amides is 1. The molecule has 7 heteroatoms. The van der Waals surface area contributed by atoms with Gasteiger partial charge in [0.15, 0.2) is 0 Å². The molecule has 2 atom stereocenters. The molecule has 0 spiro atoms. The molecule has 2 heterocycles. The van der Waals surface area contributed by atoms with E-state index in [0.717, 1.165) is 50.2 Å². The minimum Gasteiger partial charge on any atom is -0.465 e. The molecule has 0 N–H and O–H groups in total. The Bertz CT molecular complexity index is 1080. The SMILES string of the molecule is COC(=O)c1sc(C#CC(C)(C)C)cc1N(C(=O)[C@H]1CC[C@H](C)CC1)[C@@H]1CCC(=O)C(CN2CCCC2)C1. The van der Waals surface area contributed by atoms with Gasteiger partial charge in [0.2, 0.25) is 5.91 Å². The molecule has 3 fully saturated rings. The van der Waals surface area contributed by atoms with E-state index in [2.05, 4.69) is 44.4 Å². The van der Waals surface area contributed by atoms with Crippen LogP contribution in [0.15, 0.2) is 6.07 Å². The molecule has 4 rings (SSSR count). The second kappa shape index (κ2) is 12.3. The van der Waals surface area contributed by atoms with E-state index in [9.17, 15) is 14.4 Å². The van der Waals surface area contributed by atoms with Crippen LogP contribution >= 0.6 is 11.3 Å². The highest BCUT2D eigenvalue weighted by atomic mass is 32.1. The second-order valence-corrected chi connectivity index (χ2v) is 13.6. The number of rotatable bonds is 6. The molecule has 2 saturated carbocycles. The summed E-state index contributed by atoms with van der Waals surface area (Å²) in [6, 6.07) is 1.79. The first-order valence-corrected chi connectivity index (χ1v) is 15.2. The van der Waals surface area contributed by atoms with Gasteiger partial charge in [0, 0.05) is 36.3 Å². The largest absolute Gasteiger partial charge is 0.465 e. The molecule has 2 aliphatic carbocycles. The number of hydrogen-bond acceptors (Lipinski definition) is 6. The predicted molar refractivity (Wildman–Crippen MR) is 152 cm³/mol. The van der Waals surface area contributed by atoms with Crippen LogP contribution in [-0.2, 0) is 14.3 Å². The van der Waals surface area contributed by atoms with Gasteiger partial charge in [-0.15, -0.1) is 11.3 Å². The molecule has 6 nitrogen and oxygen atoms in total. The molecule has 1 aromatic heterocycles. The Morgan fingerprint density at radius 2 is 1.82 bits per heavy atom. The van der Waals surface area contributed by atoms with Crippen molar-refractivity contribution in [2.75, 3.05) is 31.6 Å². The average molecular weight is 541 g/mol. The van der Waals surface area contributed by atoms with Crippen molar-refractivity contribution in [1.82, 2.24) is 4.90 Å². The topological polar surface area (TPSA) is 66.9 Å². The summed E-state index contributed by atoms with van der Waals surface area (Å²) in [6.45, 7) is 11.3. The molecular formula is C31H44N2O4S. The summed E-state index contributed by atoms with van der Waals surface area (Å²) in [4.78, 5) is 45.7. The Hall–Kier alpha value is -2.17. The van der Waals surface area contributed by atoms with Gasteiger partial charge in [0.25, 0.3) is 0 Å². The zero-order valence-corrected chi connectivity index (χ0v) is 24.6.